The molecule has 0 saturated carbocycles. The summed E-state index contributed by atoms with van der Waals surface area (Å²) in [7, 11) is 0. The van der Waals surface area contributed by atoms with Gasteiger partial charge in [-0.3, -0.25) is 0 Å². The number of aromatic nitrogens is 2. The summed E-state index contributed by atoms with van der Waals surface area (Å²) < 4.78 is 7.29. The first-order valence-corrected chi connectivity index (χ1v) is 9.20. The van der Waals surface area contributed by atoms with Gasteiger partial charge >= 0.3 is 0 Å². The fourth-order valence-corrected chi connectivity index (χ4v) is 3.50. The number of nitrogens with two attached hydrogens (primary N) is 1. The molecule has 5 nitrogen and oxygen atoms in total. The third-order valence-corrected chi connectivity index (χ3v) is 5.00. The first-order chi connectivity index (χ1) is 12.7. The number of morpholine rings is 1. The molecule has 3 aromatic rings. The molecule has 4 rings (SSSR count). The van der Waals surface area contributed by atoms with Crippen molar-refractivity contribution in [3.05, 3.63) is 65.3 Å². The van der Waals surface area contributed by atoms with Crippen LogP contribution in [0.5, 0.6) is 0 Å². The van der Waals surface area contributed by atoms with Gasteiger partial charge in [0.2, 0.25) is 0 Å². The average molecular weight is 370 g/mol. The largest absolute Gasteiger partial charge is 0.383 e. The van der Waals surface area contributed by atoms with Gasteiger partial charge in [0.15, 0.2) is 0 Å². The number of hydrogen-bond donors (Lipinski definition) is 2. The molecule has 2 aromatic carbocycles. The van der Waals surface area contributed by atoms with Crippen LogP contribution in [0.4, 0.5) is 5.82 Å². The van der Waals surface area contributed by atoms with Gasteiger partial charge in [0.25, 0.3) is 0 Å². The maximum Gasteiger partial charge on any atom is 0.135 e. The molecule has 0 aliphatic carbocycles. The summed E-state index contributed by atoms with van der Waals surface area (Å²) in [5, 5.41) is 5.56. The number of halogens is 1. The molecule has 1 aromatic heterocycles. The summed E-state index contributed by atoms with van der Waals surface area (Å²) in [6.45, 7) is 4.40. The Morgan fingerprint density at radius 1 is 1.04 bits per heavy atom. The smallest absolute Gasteiger partial charge is 0.135 e. The maximum atomic E-state index is 6.54. The molecule has 6 heteroatoms. The molecule has 1 saturated heterocycles. The van der Waals surface area contributed by atoms with Gasteiger partial charge in [-0.2, -0.15) is 5.10 Å². The summed E-state index contributed by atoms with van der Waals surface area (Å²) in [5.74, 6) is 0.654. The van der Waals surface area contributed by atoms with Crippen molar-refractivity contribution in [2.75, 3.05) is 32.0 Å². The Hall–Kier alpha value is -2.34. The van der Waals surface area contributed by atoms with Gasteiger partial charge in [-0.25, -0.2) is 4.68 Å². The van der Waals surface area contributed by atoms with E-state index >= 15 is 0 Å². The van der Waals surface area contributed by atoms with E-state index in [-0.39, 0.29) is 0 Å². The van der Waals surface area contributed by atoms with Crippen molar-refractivity contribution in [2.45, 2.75) is 6.54 Å². The van der Waals surface area contributed by atoms with E-state index < -0.39 is 0 Å². The van der Waals surface area contributed by atoms with Gasteiger partial charge in [-0.1, -0.05) is 41.9 Å². The summed E-state index contributed by atoms with van der Waals surface area (Å²) in [6.07, 6.45) is 0. The number of nitrogens with one attached hydrogen (secondary N) is 1. The molecule has 3 N–H and O–H groups in total. The van der Waals surface area contributed by atoms with Crippen LogP contribution >= 0.6 is 11.6 Å². The first-order valence-electron chi connectivity index (χ1n) is 8.82. The Morgan fingerprint density at radius 3 is 2.42 bits per heavy atom. The van der Waals surface area contributed by atoms with E-state index in [4.69, 9.17) is 27.2 Å². The number of nitrogens with zero attached hydrogens (tertiary/aromatic N) is 2. The van der Waals surface area contributed by atoms with Crippen molar-refractivity contribution >= 4 is 17.4 Å². The van der Waals surface area contributed by atoms with E-state index in [2.05, 4.69) is 12.1 Å². The number of hydrogen-bond acceptors (Lipinski definition) is 3. The molecule has 0 amide bonds. The molecule has 2 heterocycles. The predicted molar refractivity (Wildman–Crippen MR) is 104 cm³/mol. The lowest BCUT2D eigenvalue weighted by Gasteiger charge is -2.23. The lowest BCUT2D eigenvalue weighted by molar-refractivity contribution is -0.921. The summed E-state index contributed by atoms with van der Waals surface area (Å²) in [4.78, 5) is 1.47. The SMILES string of the molecule is Nc1c(-c2ccccc2)c(C[NH+]2CCOCC2)nn1-c1ccc(Cl)cc1. The Labute approximate surface area is 157 Å². The second-order valence-electron chi connectivity index (χ2n) is 6.50. The van der Waals surface area contributed by atoms with Crippen molar-refractivity contribution in [1.82, 2.24) is 9.78 Å². The maximum absolute atomic E-state index is 6.54. The van der Waals surface area contributed by atoms with Crippen LogP contribution < -0.4 is 10.6 Å². The number of rotatable bonds is 4. The van der Waals surface area contributed by atoms with Crippen molar-refractivity contribution < 1.29 is 9.64 Å². The number of quaternary nitrogens is 1. The highest BCUT2D eigenvalue weighted by Gasteiger charge is 2.23. The fourth-order valence-electron chi connectivity index (χ4n) is 3.37. The molecule has 26 heavy (non-hydrogen) atoms. The molecule has 0 radical (unpaired) electrons. The quantitative estimate of drug-likeness (QED) is 0.741. The molecular formula is C20H22ClN4O+. The zero-order chi connectivity index (χ0) is 17.9. The first kappa shape index (κ1) is 17.1. The minimum Gasteiger partial charge on any atom is -0.383 e. The molecule has 0 bridgehead atoms. The van der Waals surface area contributed by atoms with E-state index in [1.807, 2.05) is 47.1 Å². The van der Waals surface area contributed by atoms with E-state index in [1.54, 1.807) is 0 Å². The van der Waals surface area contributed by atoms with Gasteiger partial charge in [-0.15, -0.1) is 0 Å². The number of anilines is 1. The van der Waals surface area contributed by atoms with Crippen LogP contribution in [-0.2, 0) is 11.3 Å². The van der Waals surface area contributed by atoms with Crippen LogP contribution in [0, 0.1) is 0 Å². The van der Waals surface area contributed by atoms with Gasteiger partial charge in [0.1, 0.15) is 31.1 Å². The summed E-state index contributed by atoms with van der Waals surface area (Å²) in [5.41, 5.74) is 10.6. The molecular weight excluding hydrogens is 348 g/mol. The van der Waals surface area contributed by atoms with Crippen molar-refractivity contribution in [3.8, 4) is 16.8 Å². The van der Waals surface area contributed by atoms with Gasteiger partial charge in [-0.05, 0) is 29.8 Å². The van der Waals surface area contributed by atoms with Crippen LogP contribution in [0.25, 0.3) is 16.8 Å². The molecule has 0 unspecified atom stereocenters. The minimum absolute atomic E-state index is 0.654. The zero-order valence-electron chi connectivity index (χ0n) is 14.5. The highest BCUT2D eigenvalue weighted by Crippen LogP contribution is 2.31. The van der Waals surface area contributed by atoms with Crippen LogP contribution in [0.1, 0.15) is 5.69 Å². The lowest BCUT2D eigenvalue weighted by atomic mass is 10.0. The Morgan fingerprint density at radius 2 is 1.73 bits per heavy atom. The van der Waals surface area contributed by atoms with Crippen molar-refractivity contribution in [3.63, 3.8) is 0 Å². The van der Waals surface area contributed by atoms with Crippen LogP contribution in [0.3, 0.4) is 0 Å². The van der Waals surface area contributed by atoms with Gasteiger partial charge in [0, 0.05) is 5.02 Å². The van der Waals surface area contributed by atoms with E-state index in [0.29, 0.717) is 10.8 Å². The molecule has 0 atom stereocenters. The predicted octanol–water partition coefficient (Wildman–Crippen LogP) is 2.19. The highest BCUT2D eigenvalue weighted by molar-refractivity contribution is 6.30. The van der Waals surface area contributed by atoms with Crippen molar-refractivity contribution in [2.24, 2.45) is 0 Å². The summed E-state index contributed by atoms with van der Waals surface area (Å²) >= 11 is 6.02. The standard InChI is InChI=1S/C20H21ClN4O/c21-16-6-8-17(9-7-16)25-20(22)19(15-4-2-1-3-5-15)18(23-25)14-24-10-12-26-13-11-24/h1-9H,10-14,22H2/p+1. The van der Waals surface area contributed by atoms with E-state index in [0.717, 1.165) is 55.4 Å². The second-order valence-corrected chi connectivity index (χ2v) is 6.94. The van der Waals surface area contributed by atoms with Gasteiger partial charge in [0.05, 0.1) is 24.5 Å². The normalized spacial score (nSPS) is 15.3. The highest BCUT2D eigenvalue weighted by atomic mass is 35.5. The van der Waals surface area contributed by atoms with Crippen LogP contribution in [-0.4, -0.2) is 36.1 Å². The topological polar surface area (TPSA) is 57.5 Å². The van der Waals surface area contributed by atoms with Gasteiger partial charge < -0.3 is 15.4 Å². The number of benzene rings is 2. The van der Waals surface area contributed by atoms with Crippen LogP contribution in [0.2, 0.25) is 5.02 Å². The Kier molecular flexibility index (Phi) is 4.93. The lowest BCUT2D eigenvalue weighted by Crippen LogP contribution is -3.12. The molecule has 1 aliphatic heterocycles. The Bertz CT molecular complexity index is 871. The summed E-state index contributed by atoms with van der Waals surface area (Å²) in [6, 6.07) is 17.8. The van der Waals surface area contributed by atoms with Crippen molar-refractivity contribution in [1.29, 1.82) is 0 Å². The number of ether oxygens (including phenoxy) is 1. The van der Waals surface area contributed by atoms with Crippen LogP contribution in [0.15, 0.2) is 54.6 Å². The second kappa shape index (κ2) is 7.50. The third kappa shape index (κ3) is 3.46. The average Bonchev–Trinajstić information content (AvgIpc) is 3.00. The molecule has 134 valence electrons. The molecule has 0 spiro atoms. The Balaban J connectivity index is 1.77. The fraction of sp³-hybridized carbons (Fsp3) is 0.250. The number of nitrogen functional groups attached to an aromatic ring is 1. The molecule has 1 aliphatic rings. The van der Waals surface area contributed by atoms with E-state index in [9.17, 15) is 0 Å². The molecule has 1 fully saturated rings. The minimum atomic E-state index is 0.654. The zero-order valence-corrected chi connectivity index (χ0v) is 15.2. The third-order valence-electron chi connectivity index (χ3n) is 4.74. The monoisotopic (exact) mass is 369 g/mol. The van der Waals surface area contributed by atoms with E-state index in [1.165, 1.54) is 4.90 Å².